The lowest BCUT2D eigenvalue weighted by Crippen LogP contribution is -2.14. The van der Waals surface area contributed by atoms with E-state index >= 15 is 0 Å². The number of amidine groups is 1. The van der Waals surface area contributed by atoms with Crippen molar-refractivity contribution in [2.24, 2.45) is 5.16 Å². The van der Waals surface area contributed by atoms with Crippen molar-refractivity contribution in [3.05, 3.63) is 27.8 Å². The highest BCUT2D eigenvalue weighted by molar-refractivity contribution is 5.90. The highest BCUT2D eigenvalue weighted by Gasteiger charge is 2.21. The number of nitrogens with one attached hydrogen (secondary N) is 1. The molecule has 7 nitrogen and oxygen atoms in total. The molecular formula is C5H6N4O3. The minimum atomic E-state index is -0.802. The van der Waals surface area contributed by atoms with E-state index in [0.717, 1.165) is 0 Å². The van der Waals surface area contributed by atoms with Gasteiger partial charge in [-0.1, -0.05) is 0 Å². The van der Waals surface area contributed by atoms with Crippen LogP contribution >= 0.6 is 0 Å². The van der Waals surface area contributed by atoms with Crippen LogP contribution in [0.2, 0.25) is 0 Å². The van der Waals surface area contributed by atoms with Crippen molar-refractivity contribution in [2.45, 2.75) is 6.92 Å². The molecule has 0 unspecified atom stereocenters. The van der Waals surface area contributed by atoms with Crippen molar-refractivity contribution >= 4 is 5.84 Å². The van der Waals surface area contributed by atoms with E-state index in [1.165, 1.54) is 6.33 Å². The van der Waals surface area contributed by atoms with Crippen LogP contribution in [0, 0.1) is 17.0 Å². The van der Waals surface area contributed by atoms with E-state index in [2.05, 4.69) is 15.1 Å². The van der Waals surface area contributed by atoms with Crippen LogP contribution in [-0.4, -0.2) is 25.9 Å². The zero-order chi connectivity index (χ0) is 9.14. The molecular weight excluding hydrogens is 164 g/mol. The average Bonchev–Trinajstić information content (AvgIpc) is 2.38. The number of nitro groups is 1. The molecule has 64 valence electrons. The molecule has 1 rings (SSSR count). The van der Waals surface area contributed by atoms with Gasteiger partial charge in [0.15, 0.2) is 10.8 Å². The number of hydrogen-bond donors (Lipinski definition) is 2. The second kappa shape index (κ2) is 2.99. The van der Waals surface area contributed by atoms with Crippen LogP contribution in [-0.2, 0) is 0 Å². The topological polar surface area (TPSA) is 104 Å². The van der Waals surface area contributed by atoms with Crippen LogP contribution in [0.1, 0.15) is 11.4 Å². The molecule has 2 N–H and O–H groups in total. The largest absolute Gasteiger partial charge is 0.437 e. The molecule has 0 aliphatic heterocycles. The van der Waals surface area contributed by atoms with Gasteiger partial charge in [-0.3, -0.25) is 0 Å². The van der Waals surface area contributed by atoms with Crippen LogP contribution in [0.5, 0.6) is 0 Å². The normalized spacial score (nSPS) is 11.6. The fourth-order valence-electron chi connectivity index (χ4n) is 0.755. The minimum absolute atomic E-state index is 0.0440. The van der Waals surface area contributed by atoms with E-state index in [1.54, 1.807) is 6.92 Å². The molecule has 1 heterocycles. The van der Waals surface area contributed by atoms with Gasteiger partial charge in [-0.2, -0.15) is 0 Å². The van der Waals surface area contributed by atoms with Crippen molar-refractivity contribution in [2.75, 3.05) is 0 Å². The molecule has 1 aromatic rings. The van der Waals surface area contributed by atoms with E-state index in [4.69, 9.17) is 5.21 Å². The lowest BCUT2D eigenvalue weighted by Gasteiger charge is -1.92. The van der Waals surface area contributed by atoms with Gasteiger partial charge < -0.3 is 20.3 Å². The number of aromatic nitrogens is 2. The van der Waals surface area contributed by atoms with Gasteiger partial charge in [0.05, 0.1) is 6.33 Å². The standard InChI is InChI=1S/C5H6N4O3/c1-3-4(7-2-6-3)5(8-10)9(11)12/h2,10H,1H3,(H,6,7)/b8-5-. The van der Waals surface area contributed by atoms with Crippen LogP contribution in [0.25, 0.3) is 0 Å². The summed E-state index contributed by atoms with van der Waals surface area (Å²) in [6.07, 6.45) is 1.29. The summed E-state index contributed by atoms with van der Waals surface area (Å²) >= 11 is 0. The van der Waals surface area contributed by atoms with Crippen molar-refractivity contribution in [1.29, 1.82) is 0 Å². The molecule has 0 aliphatic rings. The fourth-order valence-corrected chi connectivity index (χ4v) is 0.755. The maximum atomic E-state index is 10.2. The Balaban J connectivity index is 3.13. The van der Waals surface area contributed by atoms with Crippen LogP contribution in [0.3, 0.4) is 0 Å². The molecule has 0 radical (unpaired) electrons. The summed E-state index contributed by atoms with van der Waals surface area (Å²) in [5.74, 6) is -0.659. The molecule has 0 saturated heterocycles. The molecule has 0 bridgehead atoms. The fraction of sp³-hybridized carbons (Fsp3) is 0.200. The van der Waals surface area contributed by atoms with Crippen LogP contribution in [0.15, 0.2) is 11.5 Å². The highest BCUT2D eigenvalue weighted by Crippen LogP contribution is 2.02. The van der Waals surface area contributed by atoms with Gasteiger partial charge in [0.2, 0.25) is 0 Å². The van der Waals surface area contributed by atoms with Crippen molar-refractivity contribution < 1.29 is 10.1 Å². The van der Waals surface area contributed by atoms with Gasteiger partial charge in [0.25, 0.3) is 0 Å². The predicted octanol–water partition coefficient (Wildman–Crippen LogP) is 0.131. The molecule has 0 atom stereocenters. The predicted molar refractivity (Wildman–Crippen MR) is 38.6 cm³/mol. The second-order valence-electron chi connectivity index (χ2n) is 2.06. The number of rotatable bonds is 1. The Morgan fingerprint density at radius 2 is 2.58 bits per heavy atom. The van der Waals surface area contributed by atoms with Gasteiger partial charge in [0, 0.05) is 5.69 Å². The molecule has 0 amide bonds. The third kappa shape index (κ3) is 1.24. The van der Waals surface area contributed by atoms with Crippen molar-refractivity contribution in [3.8, 4) is 0 Å². The summed E-state index contributed by atoms with van der Waals surface area (Å²) in [5, 5.41) is 21.1. The monoisotopic (exact) mass is 170 g/mol. The first-order valence-electron chi connectivity index (χ1n) is 3.03. The molecule has 0 aliphatic carbocycles. The second-order valence-corrected chi connectivity index (χ2v) is 2.06. The summed E-state index contributed by atoms with van der Waals surface area (Å²) in [6, 6.07) is 0. The first-order chi connectivity index (χ1) is 5.66. The van der Waals surface area contributed by atoms with E-state index in [0.29, 0.717) is 5.69 Å². The van der Waals surface area contributed by atoms with Gasteiger partial charge in [-0.25, -0.2) is 4.98 Å². The Labute approximate surface area is 66.9 Å². The molecule has 12 heavy (non-hydrogen) atoms. The summed E-state index contributed by atoms with van der Waals surface area (Å²) < 4.78 is 0. The van der Waals surface area contributed by atoms with E-state index < -0.39 is 10.8 Å². The van der Waals surface area contributed by atoms with Gasteiger partial charge in [0.1, 0.15) is 0 Å². The maximum absolute atomic E-state index is 10.2. The third-order valence-electron chi connectivity index (χ3n) is 1.31. The maximum Gasteiger partial charge on any atom is 0.437 e. The Kier molecular flexibility index (Phi) is 2.04. The first-order valence-corrected chi connectivity index (χ1v) is 3.03. The third-order valence-corrected chi connectivity index (χ3v) is 1.31. The molecule has 0 aromatic carbocycles. The summed E-state index contributed by atoms with van der Waals surface area (Å²) in [6.45, 7) is 1.59. The van der Waals surface area contributed by atoms with Crippen molar-refractivity contribution in [1.82, 2.24) is 9.97 Å². The van der Waals surface area contributed by atoms with E-state index in [1.807, 2.05) is 0 Å². The summed E-state index contributed by atoms with van der Waals surface area (Å²) in [4.78, 5) is 15.7. The average molecular weight is 170 g/mol. The summed E-state index contributed by atoms with van der Waals surface area (Å²) in [7, 11) is 0. The quantitative estimate of drug-likeness (QED) is 0.205. The molecule has 0 spiro atoms. The smallest absolute Gasteiger partial charge is 0.358 e. The Morgan fingerprint density at radius 3 is 2.92 bits per heavy atom. The number of oxime groups is 1. The van der Waals surface area contributed by atoms with Crippen LogP contribution in [0.4, 0.5) is 0 Å². The lowest BCUT2D eigenvalue weighted by atomic mass is 10.3. The molecule has 7 heteroatoms. The number of H-pyrrole nitrogens is 1. The van der Waals surface area contributed by atoms with E-state index in [-0.39, 0.29) is 5.69 Å². The Bertz CT molecular complexity index is 329. The number of aryl methyl sites for hydroxylation is 1. The SMILES string of the molecule is Cc1[nH]cnc1/C(=N/O)[N+](=O)[O-]. The molecule has 0 fully saturated rings. The number of hydrogen-bond acceptors (Lipinski definition) is 5. The van der Waals surface area contributed by atoms with Gasteiger partial charge in [-0.15, -0.1) is 0 Å². The number of nitrogens with zero attached hydrogens (tertiary/aromatic N) is 3. The summed E-state index contributed by atoms with van der Waals surface area (Å²) in [5.41, 5.74) is 0.530. The van der Waals surface area contributed by atoms with Gasteiger partial charge in [-0.05, 0) is 11.8 Å². The zero-order valence-electron chi connectivity index (χ0n) is 6.18. The minimum Gasteiger partial charge on any atom is -0.358 e. The first kappa shape index (κ1) is 8.18. The van der Waals surface area contributed by atoms with Crippen LogP contribution < -0.4 is 0 Å². The number of imidazole rings is 1. The molecule has 0 saturated carbocycles. The zero-order valence-corrected chi connectivity index (χ0v) is 6.18. The number of aromatic amines is 1. The molecule has 1 aromatic heterocycles. The Hall–Kier alpha value is -1.92. The van der Waals surface area contributed by atoms with E-state index in [9.17, 15) is 10.1 Å². The van der Waals surface area contributed by atoms with Crippen molar-refractivity contribution in [3.63, 3.8) is 0 Å². The Morgan fingerprint density at radius 1 is 1.92 bits per heavy atom. The van der Waals surface area contributed by atoms with Gasteiger partial charge >= 0.3 is 5.84 Å². The lowest BCUT2D eigenvalue weighted by molar-refractivity contribution is -0.351. The highest BCUT2D eigenvalue weighted by atomic mass is 16.6.